The van der Waals surface area contributed by atoms with Gasteiger partial charge >= 0.3 is 0 Å². The molecule has 3 rings (SSSR count). The van der Waals surface area contributed by atoms with Crippen LogP contribution in [0, 0.1) is 25.2 Å². The maximum atomic E-state index is 12.6. The van der Waals surface area contributed by atoms with Gasteiger partial charge < -0.3 is 11.1 Å². The summed E-state index contributed by atoms with van der Waals surface area (Å²) in [6.07, 6.45) is 0. The number of aryl methyl sites for hydroxylation is 2. The van der Waals surface area contributed by atoms with E-state index in [1.807, 2.05) is 44.2 Å². The minimum absolute atomic E-state index is 0.218. The summed E-state index contributed by atoms with van der Waals surface area (Å²) in [5.74, 6) is -0.887. The Bertz CT molecular complexity index is 1120. The van der Waals surface area contributed by atoms with E-state index in [1.54, 1.807) is 24.3 Å². The molecule has 29 heavy (non-hydrogen) atoms. The lowest BCUT2D eigenvalue weighted by atomic mass is 9.90. The van der Waals surface area contributed by atoms with Crippen LogP contribution in [0.4, 0.5) is 11.4 Å². The maximum absolute atomic E-state index is 12.6. The van der Waals surface area contributed by atoms with Gasteiger partial charge in [-0.25, -0.2) is 0 Å². The van der Waals surface area contributed by atoms with Crippen LogP contribution in [0.25, 0.3) is 0 Å². The predicted octanol–water partition coefficient (Wildman–Crippen LogP) is 6.10. The van der Waals surface area contributed by atoms with Crippen molar-refractivity contribution in [3.05, 3.63) is 92.5 Å². The van der Waals surface area contributed by atoms with Gasteiger partial charge in [-0.3, -0.25) is 4.79 Å². The van der Waals surface area contributed by atoms with Crippen molar-refractivity contribution in [3.63, 3.8) is 0 Å². The number of rotatable bonds is 4. The van der Waals surface area contributed by atoms with Gasteiger partial charge in [0.15, 0.2) is 0 Å². The molecule has 1 atom stereocenters. The fraction of sp³-hybridized carbons (Fsp3) is 0.130. The Labute approximate surface area is 179 Å². The third kappa shape index (κ3) is 4.37. The topological polar surface area (TPSA) is 78.9 Å². The van der Waals surface area contributed by atoms with Crippen molar-refractivity contribution in [3.8, 4) is 6.07 Å². The Balaban J connectivity index is 1.93. The molecule has 0 spiro atoms. The van der Waals surface area contributed by atoms with Crippen LogP contribution < -0.4 is 11.1 Å². The van der Waals surface area contributed by atoms with Crippen LogP contribution in [-0.2, 0) is 0 Å². The average Bonchev–Trinajstić information content (AvgIpc) is 2.69. The van der Waals surface area contributed by atoms with E-state index >= 15 is 0 Å². The predicted molar refractivity (Wildman–Crippen MR) is 119 cm³/mol. The highest BCUT2D eigenvalue weighted by molar-refractivity contribution is 6.34. The molecule has 4 nitrogen and oxygen atoms in total. The number of carbonyl (C=O) groups is 1. The van der Waals surface area contributed by atoms with E-state index in [4.69, 9.17) is 28.9 Å². The molecule has 0 saturated heterocycles. The highest BCUT2D eigenvalue weighted by Crippen LogP contribution is 2.34. The van der Waals surface area contributed by atoms with E-state index in [9.17, 15) is 10.1 Å². The molecule has 0 saturated carbocycles. The molecule has 0 radical (unpaired) electrons. The minimum Gasteiger partial charge on any atom is -0.397 e. The number of hydrogen-bond donors (Lipinski definition) is 2. The number of benzene rings is 3. The van der Waals surface area contributed by atoms with Crippen LogP contribution in [0.5, 0.6) is 0 Å². The summed E-state index contributed by atoms with van der Waals surface area (Å²) in [5, 5.41) is 13.3. The van der Waals surface area contributed by atoms with E-state index in [1.165, 1.54) is 0 Å². The molecule has 6 heteroatoms. The SMILES string of the molecule is Cc1ccc(C(C#N)c2cc(C)c(NC(=O)c3cccc(Cl)c3N)cc2Cl)cc1. The zero-order valence-corrected chi connectivity index (χ0v) is 17.5. The summed E-state index contributed by atoms with van der Waals surface area (Å²) in [4.78, 5) is 12.6. The van der Waals surface area contributed by atoms with E-state index < -0.39 is 5.92 Å². The first-order chi connectivity index (χ1) is 13.8. The average molecular weight is 424 g/mol. The number of carbonyl (C=O) groups excluding carboxylic acids is 1. The molecule has 0 aromatic heterocycles. The summed E-state index contributed by atoms with van der Waals surface area (Å²) in [7, 11) is 0. The number of nitrogens with two attached hydrogens (primary N) is 1. The monoisotopic (exact) mass is 423 g/mol. The fourth-order valence-electron chi connectivity index (χ4n) is 3.07. The third-order valence-corrected chi connectivity index (χ3v) is 5.40. The normalized spacial score (nSPS) is 11.6. The van der Waals surface area contributed by atoms with E-state index in [0.717, 1.165) is 16.7 Å². The summed E-state index contributed by atoms with van der Waals surface area (Å²) >= 11 is 12.5. The van der Waals surface area contributed by atoms with Gasteiger partial charge in [0, 0.05) is 10.7 Å². The molecule has 1 amide bonds. The first-order valence-electron chi connectivity index (χ1n) is 8.93. The van der Waals surface area contributed by atoms with Crippen LogP contribution in [-0.4, -0.2) is 5.91 Å². The standard InChI is InChI=1S/C23H19Cl2N3O/c1-13-6-8-15(9-7-13)18(12-26)17-10-14(2)21(11-20(17)25)28-23(29)16-4-3-5-19(24)22(16)27/h3-11,18H,27H2,1-2H3,(H,28,29). The van der Waals surface area contributed by atoms with Crippen molar-refractivity contribution in [1.29, 1.82) is 5.26 Å². The van der Waals surface area contributed by atoms with Crippen molar-refractivity contribution in [2.24, 2.45) is 0 Å². The van der Waals surface area contributed by atoms with Crippen molar-refractivity contribution in [2.75, 3.05) is 11.1 Å². The quantitative estimate of drug-likeness (QED) is 0.497. The third-order valence-electron chi connectivity index (χ3n) is 4.74. The number of amides is 1. The lowest BCUT2D eigenvalue weighted by Crippen LogP contribution is -2.15. The summed E-state index contributed by atoms with van der Waals surface area (Å²) in [5.41, 5.74) is 10.4. The molecule has 3 aromatic carbocycles. The molecule has 0 fully saturated rings. The van der Waals surface area contributed by atoms with Crippen LogP contribution in [0.2, 0.25) is 10.0 Å². The number of nitrogens with zero attached hydrogens (tertiary/aromatic N) is 1. The van der Waals surface area contributed by atoms with Crippen molar-refractivity contribution in [1.82, 2.24) is 0 Å². The van der Waals surface area contributed by atoms with Gasteiger partial charge in [-0.05, 0) is 48.7 Å². The number of nitrogen functional groups attached to an aromatic ring is 1. The molecule has 1 unspecified atom stereocenters. The van der Waals surface area contributed by atoms with Crippen LogP contribution in [0.3, 0.4) is 0 Å². The Kier molecular flexibility index (Phi) is 6.12. The second-order valence-electron chi connectivity index (χ2n) is 6.82. The van der Waals surface area contributed by atoms with Gasteiger partial charge in [-0.1, -0.05) is 65.2 Å². The molecule has 0 aliphatic heterocycles. The number of para-hydroxylation sites is 1. The van der Waals surface area contributed by atoms with Crippen LogP contribution in [0.1, 0.15) is 38.5 Å². The van der Waals surface area contributed by atoms with Crippen molar-refractivity contribution < 1.29 is 4.79 Å². The first kappa shape index (κ1) is 20.7. The minimum atomic E-state index is -0.505. The van der Waals surface area contributed by atoms with Gasteiger partial charge in [-0.2, -0.15) is 5.26 Å². The van der Waals surface area contributed by atoms with E-state index in [2.05, 4.69) is 11.4 Å². The molecular weight excluding hydrogens is 405 g/mol. The molecule has 0 bridgehead atoms. The van der Waals surface area contributed by atoms with Gasteiger partial charge in [-0.15, -0.1) is 0 Å². The summed E-state index contributed by atoms with van der Waals surface area (Å²) in [6.45, 7) is 3.84. The number of anilines is 2. The molecule has 0 aliphatic rings. The van der Waals surface area contributed by atoms with E-state index in [0.29, 0.717) is 21.3 Å². The lowest BCUT2D eigenvalue weighted by molar-refractivity contribution is 0.102. The Morgan fingerprint density at radius 2 is 1.76 bits per heavy atom. The number of nitriles is 1. The van der Waals surface area contributed by atoms with Gasteiger partial charge in [0.25, 0.3) is 5.91 Å². The maximum Gasteiger partial charge on any atom is 0.257 e. The highest BCUT2D eigenvalue weighted by atomic mass is 35.5. The van der Waals surface area contributed by atoms with Gasteiger partial charge in [0.05, 0.1) is 28.3 Å². The molecular formula is C23H19Cl2N3O. The van der Waals surface area contributed by atoms with Gasteiger partial charge in [0.2, 0.25) is 0 Å². The Morgan fingerprint density at radius 3 is 2.41 bits per heavy atom. The van der Waals surface area contributed by atoms with Crippen LogP contribution in [0.15, 0.2) is 54.6 Å². The lowest BCUT2D eigenvalue weighted by Gasteiger charge is -2.16. The second-order valence-corrected chi connectivity index (χ2v) is 7.63. The Hall–Kier alpha value is -3.00. The molecule has 3 aromatic rings. The second kappa shape index (κ2) is 8.57. The first-order valence-corrected chi connectivity index (χ1v) is 9.69. The zero-order chi connectivity index (χ0) is 21.1. The smallest absolute Gasteiger partial charge is 0.257 e. The number of hydrogen-bond acceptors (Lipinski definition) is 3. The largest absolute Gasteiger partial charge is 0.397 e. The molecule has 3 N–H and O–H groups in total. The Morgan fingerprint density at radius 1 is 1.07 bits per heavy atom. The molecule has 0 aliphatic carbocycles. The summed E-state index contributed by atoms with van der Waals surface area (Å²) < 4.78 is 0. The van der Waals surface area contributed by atoms with Gasteiger partial charge in [0.1, 0.15) is 0 Å². The summed E-state index contributed by atoms with van der Waals surface area (Å²) in [6, 6.07) is 18.5. The molecule has 146 valence electrons. The zero-order valence-electron chi connectivity index (χ0n) is 16.0. The molecule has 0 heterocycles. The highest BCUT2D eigenvalue weighted by Gasteiger charge is 2.20. The van der Waals surface area contributed by atoms with Crippen LogP contribution >= 0.6 is 23.2 Å². The number of halogens is 2. The van der Waals surface area contributed by atoms with E-state index in [-0.39, 0.29) is 17.2 Å². The van der Waals surface area contributed by atoms with Crippen molar-refractivity contribution >= 4 is 40.5 Å². The number of nitrogens with one attached hydrogen (secondary N) is 1. The fourth-order valence-corrected chi connectivity index (χ4v) is 3.51. The van der Waals surface area contributed by atoms with Crippen molar-refractivity contribution in [2.45, 2.75) is 19.8 Å².